The molecule has 178 valence electrons. The van der Waals surface area contributed by atoms with E-state index in [2.05, 4.69) is 21.4 Å². The van der Waals surface area contributed by atoms with E-state index in [1.807, 2.05) is 30.7 Å². The summed E-state index contributed by atoms with van der Waals surface area (Å²) in [5.74, 6) is -0.804. The van der Waals surface area contributed by atoms with Crippen LogP contribution in [0.3, 0.4) is 0 Å². The van der Waals surface area contributed by atoms with Gasteiger partial charge in [0, 0.05) is 35.7 Å². The van der Waals surface area contributed by atoms with Crippen LogP contribution >= 0.6 is 11.6 Å². The van der Waals surface area contributed by atoms with E-state index in [-0.39, 0.29) is 23.4 Å². The Morgan fingerprint density at radius 3 is 2.77 bits per heavy atom. The Morgan fingerprint density at radius 1 is 1.29 bits per heavy atom. The molecule has 4 aromatic rings. The third-order valence-electron chi connectivity index (χ3n) is 6.12. The first-order valence-corrected chi connectivity index (χ1v) is 11.7. The van der Waals surface area contributed by atoms with E-state index in [1.165, 1.54) is 6.20 Å². The molecule has 4 heterocycles. The lowest BCUT2D eigenvalue weighted by atomic mass is 10.0. The number of carbonyl (C=O) groups is 2. The maximum Gasteiger partial charge on any atom is 0.255 e. The molecule has 1 aromatic carbocycles. The van der Waals surface area contributed by atoms with Crippen LogP contribution in [0.15, 0.2) is 30.6 Å². The molecule has 0 bridgehead atoms. The molecule has 0 aliphatic carbocycles. The van der Waals surface area contributed by atoms with Crippen LogP contribution in [-0.4, -0.2) is 60.6 Å². The number of nitriles is 1. The highest BCUT2D eigenvalue weighted by molar-refractivity contribution is 6.31. The average Bonchev–Trinajstić information content (AvgIpc) is 3.39. The van der Waals surface area contributed by atoms with E-state index in [0.717, 1.165) is 10.9 Å². The average molecular weight is 491 g/mol. The molecule has 1 fully saturated rings. The molecule has 1 saturated heterocycles. The fourth-order valence-corrected chi connectivity index (χ4v) is 4.39. The van der Waals surface area contributed by atoms with Crippen molar-refractivity contribution in [2.45, 2.75) is 32.9 Å². The van der Waals surface area contributed by atoms with Gasteiger partial charge in [0.15, 0.2) is 5.65 Å². The Bertz CT molecular complexity index is 1510. The van der Waals surface area contributed by atoms with E-state index >= 15 is 0 Å². The zero-order valence-corrected chi connectivity index (χ0v) is 20.2. The van der Waals surface area contributed by atoms with Crippen molar-refractivity contribution in [3.05, 3.63) is 41.2 Å². The Balaban J connectivity index is 1.45. The van der Waals surface area contributed by atoms with Gasteiger partial charge in [-0.3, -0.25) is 14.3 Å². The SMILES string of the molecule is CC(NC(=O)c1c[nH]c2ncc(-c3nn(C(C)C)c4cc(Cl)ccc34)nc12)C(=O)N1CC(C#N)C1. The number of hydrogen-bond donors (Lipinski definition) is 2. The highest BCUT2D eigenvalue weighted by Crippen LogP contribution is 2.31. The summed E-state index contributed by atoms with van der Waals surface area (Å²) in [5, 5.41) is 17.9. The first-order valence-electron chi connectivity index (χ1n) is 11.3. The van der Waals surface area contributed by atoms with E-state index < -0.39 is 11.9 Å². The number of H-pyrrole nitrogens is 1. The first kappa shape index (κ1) is 22.8. The fourth-order valence-electron chi connectivity index (χ4n) is 4.22. The van der Waals surface area contributed by atoms with Gasteiger partial charge in [-0.2, -0.15) is 10.4 Å². The van der Waals surface area contributed by atoms with E-state index in [1.54, 1.807) is 24.1 Å². The zero-order chi connectivity index (χ0) is 24.9. The number of amides is 2. The van der Waals surface area contributed by atoms with Crippen molar-refractivity contribution >= 4 is 45.5 Å². The predicted octanol–water partition coefficient (Wildman–Crippen LogP) is 3.31. The largest absolute Gasteiger partial charge is 0.344 e. The van der Waals surface area contributed by atoms with Crippen molar-refractivity contribution < 1.29 is 9.59 Å². The van der Waals surface area contributed by atoms with Crippen LogP contribution in [0.1, 0.15) is 37.2 Å². The standard InChI is InChI=1S/C24H23ClN8O2/c1-12(2)33-19-6-15(25)4-5-16(19)20(31-33)18-9-28-22-21(30-18)17(8-27-22)23(34)29-13(3)24(35)32-10-14(7-26)11-32/h4-6,8-9,12-14H,10-11H2,1-3H3,(H,27,28)(H,29,34). The number of carbonyl (C=O) groups excluding carboxylic acids is 2. The monoisotopic (exact) mass is 490 g/mol. The summed E-state index contributed by atoms with van der Waals surface area (Å²) < 4.78 is 1.88. The second-order valence-corrected chi connectivity index (χ2v) is 9.40. The summed E-state index contributed by atoms with van der Waals surface area (Å²) in [6, 6.07) is 7.06. The van der Waals surface area contributed by atoms with Gasteiger partial charge in [0.05, 0.1) is 29.3 Å². The van der Waals surface area contributed by atoms with Gasteiger partial charge in [-0.05, 0) is 39.0 Å². The number of nitrogens with one attached hydrogen (secondary N) is 2. The molecule has 10 nitrogen and oxygen atoms in total. The van der Waals surface area contributed by atoms with Crippen LogP contribution in [0.5, 0.6) is 0 Å². The molecule has 0 radical (unpaired) electrons. The number of rotatable bonds is 5. The quantitative estimate of drug-likeness (QED) is 0.441. The smallest absolute Gasteiger partial charge is 0.255 e. The maximum atomic E-state index is 13.0. The second kappa shape index (κ2) is 8.67. The molecular weight excluding hydrogens is 468 g/mol. The number of halogens is 1. The lowest BCUT2D eigenvalue weighted by Crippen LogP contribution is -2.55. The van der Waals surface area contributed by atoms with Crippen molar-refractivity contribution in [3.8, 4) is 17.5 Å². The molecule has 1 aliphatic rings. The molecule has 1 atom stereocenters. The molecular formula is C24H23ClN8O2. The molecule has 1 aliphatic heterocycles. The number of fused-ring (bicyclic) bond motifs is 2. The molecule has 11 heteroatoms. The van der Waals surface area contributed by atoms with Gasteiger partial charge in [-0.25, -0.2) is 9.97 Å². The minimum Gasteiger partial charge on any atom is -0.344 e. The normalized spacial score (nSPS) is 14.8. The molecule has 0 saturated carbocycles. The number of hydrogen-bond acceptors (Lipinski definition) is 6. The van der Waals surface area contributed by atoms with E-state index in [9.17, 15) is 9.59 Å². The van der Waals surface area contributed by atoms with Crippen LogP contribution < -0.4 is 5.32 Å². The molecule has 35 heavy (non-hydrogen) atoms. The highest BCUT2D eigenvalue weighted by atomic mass is 35.5. The van der Waals surface area contributed by atoms with Crippen LogP contribution in [0.4, 0.5) is 0 Å². The van der Waals surface area contributed by atoms with Crippen molar-refractivity contribution in [1.82, 2.24) is 34.9 Å². The Hall–Kier alpha value is -3.97. The van der Waals surface area contributed by atoms with Crippen LogP contribution in [0.2, 0.25) is 5.02 Å². The van der Waals surface area contributed by atoms with Crippen molar-refractivity contribution in [1.29, 1.82) is 5.26 Å². The van der Waals surface area contributed by atoms with Crippen LogP contribution in [-0.2, 0) is 4.79 Å². The van der Waals surface area contributed by atoms with E-state index in [0.29, 0.717) is 40.7 Å². The summed E-state index contributed by atoms with van der Waals surface area (Å²) in [6.45, 7) is 6.47. The highest BCUT2D eigenvalue weighted by Gasteiger charge is 2.33. The lowest BCUT2D eigenvalue weighted by molar-refractivity contribution is -0.137. The third kappa shape index (κ3) is 3.98. The predicted molar refractivity (Wildman–Crippen MR) is 131 cm³/mol. The number of nitrogens with zero attached hydrogens (tertiary/aromatic N) is 6. The number of aromatic nitrogens is 5. The summed E-state index contributed by atoms with van der Waals surface area (Å²) in [4.78, 5) is 39.3. The molecule has 2 amide bonds. The Labute approximate surface area is 205 Å². The summed E-state index contributed by atoms with van der Waals surface area (Å²) in [7, 11) is 0. The molecule has 1 unspecified atom stereocenters. The Kier molecular flexibility index (Phi) is 5.65. The third-order valence-corrected chi connectivity index (χ3v) is 6.36. The molecule has 5 rings (SSSR count). The van der Waals surface area contributed by atoms with Crippen molar-refractivity contribution in [2.24, 2.45) is 5.92 Å². The number of likely N-dealkylation sites (tertiary alicyclic amines) is 1. The van der Waals surface area contributed by atoms with Gasteiger partial charge >= 0.3 is 0 Å². The second-order valence-electron chi connectivity index (χ2n) is 8.97. The maximum absolute atomic E-state index is 13.0. The molecule has 3 aromatic heterocycles. The van der Waals surface area contributed by atoms with Crippen LogP contribution in [0.25, 0.3) is 33.5 Å². The number of aromatic amines is 1. The Morgan fingerprint density at radius 2 is 2.06 bits per heavy atom. The van der Waals surface area contributed by atoms with Crippen molar-refractivity contribution in [3.63, 3.8) is 0 Å². The van der Waals surface area contributed by atoms with E-state index in [4.69, 9.17) is 26.9 Å². The van der Waals surface area contributed by atoms with Gasteiger partial charge in [-0.1, -0.05) is 11.6 Å². The summed E-state index contributed by atoms with van der Waals surface area (Å²) in [5.41, 5.74) is 3.16. The summed E-state index contributed by atoms with van der Waals surface area (Å²) >= 11 is 6.22. The minimum atomic E-state index is -0.737. The topological polar surface area (TPSA) is 133 Å². The van der Waals surface area contributed by atoms with Gasteiger partial charge in [0.2, 0.25) is 5.91 Å². The molecule has 2 N–H and O–H groups in total. The lowest BCUT2D eigenvalue weighted by Gasteiger charge is -2.37. The minimum absolute atomic E-state index is 0.101. The van der Waals surface area contributed by atoms with Gasteiger partial charge in [-0.15, -0.1) is 0 Å². The first-order chi connectivity index (χ1) is 16.8. The van der Waals surface area contributed by atoms with Gasteiger partial charge < -0.3 is 15.2 Å². The van der Waals surface area contributed by atoms with Crippen molar-refractivity contribution in [2.75, 3.05) is 13.1 Å². The van der Waals surface area contributed by atoms with Gasteiger partial charge in [0.25, 0.3) is 5.91 Å². The summed E-state index contributed by atoms with van der Waals surface area (Å²) in [6.07, 6.45) is 3.14. The zero-order valence-electron chi connectivity index (χ0n) is 19.4. The van der Waals surface area contributed by atoms with Gasteiger partial charge in [0.1, 0.15) is 22.9 Å². The molecule has 0 spiro atoms. The number of benzene rings is 1. The van der Waals surface area contributed by atoms with Crippen LogP contribution in [0, 0.1) is 17.2 Å². The fraction of sp³-hybridized carbons (Fsp3) is 0.333.